The molecule has 0 fully saturated rings. The average molecular weight is 889 g/mol. The van der Waals surface area contributed by atoms with Crippen molar-refractivity contribution in [2.24, 2.45) is 0 Å². The minimum Gasteiger partial charge on any atom is -0.466 e. The third kappa shape index (κ3) is 49.6. The molecule has 0 aliphatic rings. The minimum atomic E-state index is -0.841. The lowest BCUT2D eigenvalue weighted by Crippen LogP contribution is -2.45. The number of allylic oxidation sites excluding steroid dienone is 3. The number of unbranched alkanes of at least 4 members (excludes halogenated alkanes) is 39. The normalized spacial score (nSPS) is 12.8. The number of carbonyl (C=O) groups is 2. The Bertz CT molecular complexity index is 982. The summed E-state index contributed by atoms with van der Waals surface area (Å²) in [6.45, 7) is 4.86. The number of ether oxygens (including phenoxy) is 1. The van der Waals surface area contributed by atoms with Crippen LogP contribution >= 0.6 is 0 Å². The molecular weight excluding hydrogens is 779 g/mol. The van der Waals surface area contributed by atoms with E-state index in [4.69, 9.17) is 4.74 Å². The molecule has 6 nitrogen and oxygen atoms in total. The van der Waals surface area contributed by atoms with E-state index in [1.54, 1.807) is 6.08 Å². The van der Waals surface area contributed by atoms with Crippen LogP contribution < -0.4 is 5.32 Å². The van der Waals surface area contributed by atoms with Gasteiger partial charge in [-0.2, -0.15) is 0 Å². The van der Waals surface area contributed by atoms with E-state index in [1.807, 2.05) is 6.08 Å². The molecule has 6 heteroatoms. The highest BCUT2D eigenvalue weighted by atomic mass is 16.5. The fourth-order valence-corrected chi connectivity index (χ4v) is 8.62. The Morgan fingerprint density at radius 1 is 0.429 bits per heavy atom. The average Bonchev–Trinajstić information content (AvgIpc) is 3.28. The van der Waals surface area contributed by atoms with Crippen LogP contribution in [0.5, 0.6) is 0 Å². The number of esters is 1. The molecule has 0 spiro atoms. The second-order valence-electron chi connectivity index (χ2n) is 19.3. The summed E-state index contributed by atoms with van der Waals surface area (Å²) < 4.78 is 5.45. The van der Waals surface area contributed by atoms with Crippen LogP contribution in [0, 0.1) is 0 Å². The Labute approximate surface area is 392 Å². The molecule has 0 saturated carbocycles. The Balaban J connectivity index is 3.37. The van der Waals surface area contributed by atoms with Crippen LogP contribution in [-0.4, -0.2) is 47.4 Å². The van der Waals surface area contributed by atoms with Gasteiger partial charge in [0.15, 0.2) is 0 Å². The van der Waals surface area contributed by atoms with Gasteiger partial charge in [-0.25, -0.2) is 0 Å². The molecule has 0 radical (unpaired) electrons. The largest absolute Gasteiger partial charge is 0.466 e. The molecule has 0 heterocycles. The van der Waals surface area contributed by atoms with Crippen molar-refractivity contribution in [1.82, 2.24) is 5.32 Å². The summed E-state index contributed by atoms with van der Waals surface area (Å²) in [5, 5.41) is 23.0. The maximum atomic E-state index is 12.4. The van der Waals surface area contributed by atoms with Crippen molar-refractivity contribution in [3.05, 3.63) is 24.3 Å². The van der Waals surface area contributed by atoms with Gasteiger partial charge in [0, 0.05) is 12.8 Å². The van der Waals surface area contributed by atoms with E-state index in [2.05, 4.69) is 31.3 Å². The molecule has 2 atom stereocenters. The molecule has 2 unspecified atom stereocenters. The molecule has 0 aromatic heterocycles. The van der Waals surface area contributed by atoms with Crippen molar-refractivity contribution >= 4 is 11.9 Å². The Morgan fingerprint density at radius 3 is 1.17 bits per heavy atom. The van der Waals surface area contributed by atoms with Gasteiger partial charge in [-0.15, -0.1) is 0 Å². The fraction of sp³-hybridized carbons (Fsp3) is 0.895. The molecule has 0 saturated heterocycles. The summed E-state index contributed by atoms with van der Waals surface area (Å²) in [6.07, 6.45) is 63.5. The molecule has 1 amide bonds. The quantitative estimate of drug-likeness (QED) is 0.0321. The summed E-state index contributed by atoms with van der Waals surface area (Å²) in [7, 11) is 0. The zero-order chi connectivity index (χ0) is 45.8. The molecule has 372 valence electrons. The summed E-state index contributed by atoms with van der Waals surface area (Å²) in [6, 6.07) is -0.625. The van der Waals surface area contributed by atoms with Gasteiger partial charge in [0.05, 0.1) is 25.4 Å². The van der Waals surface area contributed by atoms with Gasteiger partial charge in [0.2, 0.25) is 5.91 Å². The van der Waals surface area contributed by atoms with Gasteiger partial charge in [-0.1, -0.05) is 263 Å². The van der Waals surface area contributed by atoms with E-state index in [-0.39, 0.29) is 18.5 Å². The van der Waals surface area contributed by atoms with Gasteiger partial charge in [0.1, 0.15) is 0 Å². The van der Waals surface area contributed by atoms with Crippen LogP contribution in [0.25, 0.3) is 0 Å². The zero-order valence-electron chi connectivity index (χ0n) is 42.3. The second-order valence-corrected chi connectivity index (χ2v) is 19.3. The first-order valence-corrected chi connectivity index (χ1v) is 28.1. The van der Waals surface area contributed by atoms with E-state index in [0.717, 1.165) is 44.9 Å². The molecule has 3 N–H and O–H groups in total. The molecule has 0 aliphatic heterocycles. The number of nitrogens with one attached hydrogen (secondary N) is 1. The van der Waals surface area contributed by atoms with Crippen LogP contribution in [0.4, 0.5) is 0 Å². The smallest absolute Gasteiger partial charge is 0.305 e. The van der Waals surface area contributed by atoms with Crippen molar-refractivity contribution in [2.75, 3.05) is 13.2 Å². The molecule has 0 bridgehead atoms. The Morgan fingerprint density at radius 2 is 0.762 bits per heavy atom. The highest BCUT2D eigenvalue weighted by molar-refractivity contribution is 5.76. The van der Waals surface area contributed by atoms with Crippen molar-refractivity contribution in [2.45, 2.75) is 315 Å². The second kappa shape index (κ2) is 53.0. The van der Waals surface area contributed by atoms with Gasteiger partial charge in [0.25, 0.3) is 0 Å². The van der Waals surface area contributed by atoms with E-state index in [1.165, 1.54) is 231 Å². The minimum absolute atomic E-state index is 0.00360. The molecule has 0 aromatic rings. The first-order chi connectivity index (χ1) is 31.0. The van der Waals surface area contributed by atoms with E-state index < -0.39 is 12.1 Å². The molecular formula is C57H109NO5. The zero-order valence-corrected chi connectivity index (χ0v) is 42.3. The number of hydrogen-bond donors (Lipinski definition) is 3. The van der Waals surface area contributed by atoms with Crippen LogP contribution in [0.15, 0.2) is 24.3 Å². The molecule has 0 aromatic carbocycles. The first kappa shape index (κ1) is 61.3. The summed E-state index contributed by atoms with van der Waals surface area (Å²) in [5.41, 5.74) is 0. The summed E-state index contributed by atoms with van der Waals surface area (Å²) >= 11 is 0. The topological polar surface area (TPSA) is 95.9 Å². The van der Waals surface area contributed by atoms with Crippen molar-refractivity contribution < 1.29 is 24.5 Å². The standard InChI is InChI=1S/C57H109NO5/c1-3-5-7-9-11-13-29-33-37-41-45-49-55(60)54(53-59)58-56(61)50-46-42-38-34-31-27-25-23-21-19-17-15-16-18-20-22-24-26-28-32-36-40-44-48-52-63-57(62)51-47-43-39-35-30-14-12-10-8-6-4-2/h10,12,45,49,54-55,59-60H,3-9,11,13-44,46-48,50-53H2,1-2H3,(H,58,61)/b12-10-,49-45+. The van der Waals surface area contributed by atoms with Gasteiger partial charge in [-0.3, -0.25) is 9.59 Å². The molecule has 0 rings (SSSR count). The highest BCUT2D eigenvalue weighted by Gasteiger charge is 2.18. The van der Waals surface area contributed by atoms with Crippen molar-refractivity contribution in [1.29, 1.82) is 0 Å². The number of aliphatic hydroxyl groups excluding tert-OH is 2. The lowest BCUT2D eigenvalue weighted by molar-refractivity contribution is -0.143. The van der Waals surface area contributed by atoms with E-state index in [0.29, 0.717) is 19.4 Å². The summed E-state index contributed by atoms with van der Waals surface area (Å²) in [5.74, 6) is -0.0641. The monoisotopic (exact) mass is 888 g/mol. The van der Waals surface area contributed by atoms with E-state index in [9.17, 15) is 19.8 Å². The lowest BCUT2D eigenvalue weighted by atomic mass is 10.0. The van der Waals surface area contributed by atoms with E-state index >= 15 is 0 Å². The number of amides is 1. The van der Waals surface area contributed by atoms with Crippen LogP contribution in [0.3, 0.4) is 0 Å². The van der Waals surface area contributed by atoms with Gasteiger partial charge < -0.3 is 20.3 Å². The molecule has 63 heavy (non-hydrogen) atoms. The SMILES string of the molecule is CCCC/C=C\CCCCCCCC(=O)OCCCCCCCCCCCCCCCCCCCCCCCCCCC(=O)NC(CO)C(O)/C=C/CCCCCCCCCCC. The van der Waals surface area contributed by atoms with Crippen molar-refractivity contribution in [3.63, 3.8) is 0 Å². The van der Waals surface area contributed by atoms with Crippen molar-refractivity contribution in [3.8, 4) is 0 Å². The Hall–Kier alpha value is -1.66. The van der Waals surface area contributed by atoms with Gasteiger partial charge >= 0.3 is 5.97 Å². The number of hydrogen-bond acceptors (Lipinski definition) is 5. The predicted molar refractivity (Wildman–Crippen MR) is 273 cm³/mol. The van der Waals surface area contributed by atoms with Crippen LogP contribution in [0.2, 0.25) is 0 Å². The lowest BCUT2D eigenvalue weighted by Gasteiger charge is -2.20. The van der Waals surface area contributed by atoms with Gasteiger partial charge in [-0.05, 0) is 51.4 Å². The summed E-state index contributed by atoms with van der Waals surface area (Å²) in [4.78, 5) is 24.4. The highest BCUT2D eigenvalue weighted by Crippen LogP contribution is 2.17. The Kier molecular flexibility index (Phi) is 51.6. The van der Waals surface area contributed by atoms with Crippen LogP contribution in [-0.2, 0) is 14.3 Å². The third-order valence-electron chi connectivity index (χ3n) is 13.0. The van der Waals surface area contributed by atoms with Crippen LogP contribution in [0.1, 0.15) is 303 Å². The number of rotatable bonds is 52. The number of aliphatic hydroxyl groups is 2. The maximum absolute atomic E-state index is 12.4. The third-order valence-corrected chi connectivity index (χ3v) is 13.0. The molecule has 0 aliphatic carbocycles. The fourth-order valence-electron chi connectivity index (χ4n) is 8.62. The number of carbonyl (C=O) groups excluding carboxylic acids is 2. The maximum Gasteiger partial charge on any atom is 0.305 e. The first-order valence-electron chi connectivity index (χ1n) is 28.1. The predicted octanol–water partition coefficient (Wildman–Crippen LogP) is 17.1.